The number of rotatable bonds is 3. The smallest absolute Gasteiger partial charge is 0.222 e. The molecular weight excluding hydrogens is 288 g/mol. The number of likely N-dealkylation sites (tertiary alicyclic amines) is 1. The molecule has 112 valence electrons. The molecular formula is C15H19ClN4O. The molecule has 1 amide bonds. The van der Waals surface area contributed by atoms with E-state index >= 15 is 0 Å². The summed E-state index contributed by atoms with van der Waals surface area (Å²) in [6.45, 7) is 3.49. The molecule has 1 aliphatic rings. The summed E-state index contributed by atoms with van der Waals surface area (Å²) < 4.78 is 0. The molecule has 2 aromatic rings. The van der Waals surface area contributed by atoms with Crippen LogP contribution >= 0.6 is 11.6 Å². The molecule has 0 aromatic carbocycles. The lowest BCUT2D eigenvalue weighted by Crippen LogP contribution is -2.44. The number of H-pyrrole nitrogens is 1. The molecule has 1 atom stereocenters. The zero-order chi connectivity index (χ0) is 14.8. The quantitative estimate of drug-likeness (QED) is 0.916. The molecule has 0 saturated carbocycles. The summed E-state index contributed by atoms with van der Waals surface area (Å²) in [5.41, 5.74) is 1.72. The fourth-order valence-electron chi connectivity index (χ4n) is 2.88. The molecule has 0 aliphatic carbocycles. The molecule has 1 unspecified atom stereocenters. The third-order valence-corrected chi connectivity index (χ3v) is 4.25. The van der Waals surface area contributed by atoms with Gasteiger partial charge in [-0.25, -0.2) is 4.98 Å². The molecule has 2 N–H and O–H groups in total. The number of carbonyl (C=O) groups is 1. The van der Waals surface area contributed by atoms with Crippen molar-refractivity contribution in [2.75, 3.05) is 18.4 Å². The highest BCUT2D eigenvalue weighted by Gasteiger charge is 2.23. The predicted octanol–water partition coefficient (Wildman–Crippen LogP) is 3.03. The van der Waals surface area contributed by atoms with Crippen molar-refractivity contribution < 1.29 is 4.79 Å². The van der Waals surface area contributed by atoms with Crippen LogP contribution in [0.1, 0.15) is 26.2 Å². The summed E-state index contributed by atoms with van der Waals surface area (Å²) in [6.07, 6.45) is 6.12. The van der Waals surface area contributed by atoms with Gasteiger partial charge in [0.25, 0.3) is 0 Å². The Morgan fingerprint density at radius 1 is 1.62 bits per heavy atom. The zero-order valence-electron chi connectivity index (χ0n) is 12.0. The Morgan fingerprint density at radius 2 is 2.48 bits per heavy atom. The van der Waals surface area contributed by atoms with Gasteiger partial charge in [0.15, 0.2) is 0 Å². The number of carbonyl (C=O) groups excluding carboxylic acids is 1. The lowest BCUT2D eigenvalue weighted by atomic mass is 10.0. The third kappa shape index (κ3) is 2.83. The maximum atomic E-state index is 11.9. The van der Waals surface area contributed by atoms with Crippen molar-refractivity contribution in [3.05, 3.63) is 23.5 Å². The van der Waals surface area contributed by atoms with E-state index in [1.165, 1.54) is 0 Å². The van der Waals surface area contributed by atoms with Crippen molar-refractivity contribution in [1.82, 2.24) is 14.9 Å². The molecule has 0 spiro atoms. The number of anilines is 1. The summed E-state index contributed by atoms with van der Waals surface area (Å²) in [7, 11) is 0. The van der Waals surface area contributed by atoms with Crippen LogP contribution in [0.5, 0.6) is 0 Å². The fourth-order valence-corrected chi connectivity index (χ4v) is 3.08. The third-order valence-electron chi connectivity index (χ3n) is 3.97. The number of fused-ring (bicyclic) bond motifs is 1. The number of pyridine rings is 1. The van der Waals surface area contributed by atoms with E-state index in [0.717, 1.165) is 42.7 Å². The molecule has 21 heavy (non-hydrogen) atoms. The molecule has 0 radical (unpaired) electrons. The molecule has 1 aliphatic heterocycles. The van der Waals surface area contributed by atoms with E-state index in [1.807, 2.05) is 24.1 Å². The van der Waals surface area contributed by atoms with E-state index < -0.39 is 0 Å². The van der Waals surface area contributed by atoms with Gasteiger partial charge < -0.3 is 15.2 Å². The molecule has 3 heterocycles. The molecule has 2 aromatic heterocycles. The van der Waals surface area contributed by atoms with E-state index in [2.05, 4.69) is 15.3 Å². The van der Waals surface area contributed by atoms with Crippen LogP contribution in [0.4, 0.5) is 5.69 Å². The highest BCUT2D eigenvalue weighted by Crippen LogP contribution is 2.30. The maximum absolute atomic E-state index is 11.9. The second kappa shape index (κ2) is 5.93. The van der Waals surface area contributed by atoms with Gasteiger partial charge in [-0.3, -0.25) is 4.79 Å². The lowest BCUT2D eigenvalue weighted by Gasteiger charge is -2.33. The molecule has 1 fully saturated rings. The SMILES string of the molecule is CCC(=O)N1CCCC(Nc2c(Cl)cnc3[nH]ccc23)C1. The zero-order valence-corrected chi connectivity index (χ0v) is 12.8. The van der Waals surface area contributed by atoms with Crippen LogP contribution in [-0.2, 0) is 4.79 Å². The summed E-state index contributed by atoms with van der Waals surface area (Å²) in [4.78, 5) is 21.1. The number of halogens is 1. The van der Waals surface area contributed by atoms with Gasteiger partial charge in [0.2, 0.25) is 5.91 Å². The fraction of sp³-hybridized carbons (Fsp3) is 0.467. The van der Waals surface area contributed by atoms with Crippen LogP contribution in [0.15, 0.2) is 18.5 Å². The van der Waals surface area contributed by atoms with Gasteiger partial charge in [-0.2, -0.15) is 0 Å². The minimum atomic E-state index is 0.217. The van der Waals surface area contributed by atoms with Gasteiger partial charge in [-0.15, -0.1) is 0 Å². The lowest BCUT2D eigenvalue weighted by molar-refractivity contribution is -0.131. The monoisotopic (exact) mass is 306 g/mol. The van der Waals surface area contributed by atoms with Crippen LogP contribution in [0.2, 0.25) is 5.02 Å². The first-order valence-electron chi connectivity index (χ1n) is 7.35. The van der Waals surface area contributed by atoms with Crippen molar-refractivity contribution in [3.8, 4) is 0 Å². The van der Waals surface area contributed by atoms with Gasteiger partial charge in [0, 0.05) is 37.1 Å². The Bertz CT molecular complexity index is 654. The number of aromatic nitrogens is 2. The molecule has 6 heteroatoms. The van der Waals surface area contributed by atoms with Crippen molar-refractivity contribution in [3.63, 3.8) is 0 Å². The number of amides is 1. The van der Waals surface area contributed by atoms with Gasteiger partial charge in [-0.1, -0.05) is 18.5 Å². The Labute approximate surface area is 128 Å². The van der Waals surface area contributed by atoms with E-state index in [0.29, 0.717) is 11.4 Å². The summed E-state index contributed by atoms with van der Waals surface area (Å²) >= 11 is 6.29. The number of piperidine rings is 1. The predicted molar refractivity (Wildman–Crippen MR) is 84.6 cm³/mol. The maximum Gasteiger partial charge on any atom is 0.222 e. The van der Waals surface area contributed by atoms with Crippen LogP contribution in [0, 0.1) is 0 Å². The molecule has 1 saturated heterocycles. The normalized spacial score (nSPS) is 19.0. The van der Waals surface area contributed by atoms with Crippen molar-refractivity contribution in [1.29, 1.82) is 0 Å². The second-order valence-corrected chi connectivity index (χ2v) is 5.81. The van der Waals surface area contributed by atoms with Crippen LogP contribution in [0.25, 0.3) is 11.0 Å². The minimum Gasteiger partial charge on any atom is -0.379 e. The number of hydrogen-bond acceptors (Lipinski definition) is 3. The summed E-state index contributed by atoms with van der Waals surface area (Å²) in [5, 5.41) is 5.10. The Kier molecular flexibility index (Phi) is 4.01. The van der Waals surface area contributed by atoms with E-state index in [-0.39, 0.29) is 11.9 Å². The summed E-state index contributed by atoms with van der Waals surface area (Å²) in [5.74, 6) is 0.217. The van der Waals surface area contributed by atoms with Crippen LogP contribution in [-0.4, -0.2) is 39.9 Å². The molecule has 3 rings (SSSR count). The largest absolute Gasteiger partial charge is 0.379 e. The standard InChI is InChI=1S/C15H19ClN4O/c1-2-13(21)20-7-3-4-10(9-20)19-14-11-5-6-17-15(11)18-8-12(14)16/h5-6,8,10H,2-4,7,9H2,1H3,(H2,17,18,19). The van der Waals surface area contributed by atoms with E-state index in [4.69, 9.17) is 11.6 Å². The first kappa shape index (κ1) is 14.2. The Morgan fingerprint density at radius 3 is 3.29 bits per heavy atom. The number of aromatic amines is 1. The number of hydrogen-bond donors (Lipinski definition) is 2. The molecule has 0 bridgehead atoms. The van der Waals surface area contributed by atoms with Crippen molar-refractivity contribution >= 4 is 34.2 Å². The minimum absolute atomic E-state index is 0.217. The highest BCUT2D eigenvalue weighted by atomic mass is 35.5. The van der Waals surface area contributed by atoms with Gasteiger partial charge >= 0.3 is 0 Å². The first-order valence-corrected chi connectivity index (χ1v) is 7.72. The number of nitrogens with one attached hydrogen (secondary N) is 2. The van der Waals surface area contributed by atoms with Gasteiger partial charge in [0.05, 0.1) is 16.9 Å². The van der Waals surface area contributed by atoms with E-state index in [1.54, 1.807) is 6.20 Å². The van der Waals surface area contributed by atoms with Gasteiger partial charge in [0.1, 0.15) is 5.65 Å². The average Bonchev–Trinajstić information content (AvgIpc) is 2.98. The Hall–Kier alpha value is -1.75. The summed E-state index contributed by atoms with van der Waals surface area (Å²) in [6, 6.07) is 2.20. The van der Waals surface area contributed by atoms with Crippen LogP contribution in [0.3, 0.4) is 0 Å². The van der Waals surface area contributed by atoms with Gasteiger partial charge in [-0.05, 0) is 18.9 Å². The van der Waals surface area contributed by atoms with Crippen molar-refractivity contribution in [2.45, 2.75) is 32.2 Å². The van der Waals surface area contributed by atoms with Crippen molar-refractivity contribution in [2.24, 2.45) is 0 Å². The van der Waals surface area contributed by atoms with Crippen LogP contribution < -0.4 is 5.32 Å². The number of nitrogens with zero attached hydrogens (tertiary/aromatic N) is 2. The highest BCUT2D eigenvalue weighted by molar-refractivity contribution is 6.34. The molecule has 5 nitrogen and oxygen atoms in total. The van der Waals surface area contributed by atoms with E-state index in [9.17, 15) is 4.79 Å². The topological polar surface area (TPSA) is 61.0 Å². The first-order chi connectivity index (χ1) is 10.2. The average molecular weight is 307 g/mol. The Balaban J connectivity index is 1.80. The second-order valence-electron chi connectivity index (χ2n) is 5.40.